The highest BCUT2D eigenvalue weighted by Gasteiger charge is 2.26. The van der Waals surface area contributed by atoms with E-state index in [0.29, 0.717) is 43.9 Å². The van der Waals surface area contributed by atoms with Crippen LogP contribution >= 0.6 is 0 Å². The number of ether oxygens (including phenoxy) is 3. The van der Waals surface area contributed by atoms with Crippen molar-refractivity contribution in [3.05, 3.63) is 89.2 Å². The van der Waals surface area contributed by atoms with E-state index in [1.807, 2.05) is 48.5 Å². The molecular formula is C26H25FN2O4. The minimum absolute atomic E-state index is 0.0476. The van der Waals surface area contributed by atoms with Crippen molar-refractivity contribution >= 4 is 5.91 Å². The van der Waals surface area contributed by atoms with Crippen LogP contribution < -0.4 is 19.5 Å². The van der Waals surface area contributed by atoms with Gasteiger partial charge in [-0.2, -0.15) is 0 Å². The van der Waals surface area contributed by atoms with Crippen molar-refractivity contribution in [3.63, 3.8) is 0 Å². The Hall–Kier alpha value is -3.58. The van der Waals surface area contributed by atoms with Crippen LogP contribution in [0, 0.1) is 5.82 Å². The van der Waals surface area contributed by atoms with Crippen molar-refractivity contribution in [2.75, 3.05) is 19.9 Å². The van der Waals surface area contributed by atoms with Crippen molar-refractivity contribution < 1.29 is 23.4 Å². The van der Waals surface area contributed by atoms with Crippen LogP contribution in [0.4, 0.5) is 4.39 Å². The summed E-state index contributed by atoms with van der Waals surface area (Å²) in [7, 11) is 0. The minimum Gasteiger partial charge on any atom is -0.484 e. The number of rotatable bonds is 6. The lowest BCUT2D eigenvalue weighted by atomic mass is 10.1. The number of halogens is 1. The van der Waals surface area contributed by atoms with Crippen LogP contribution in [-0.2, 0) is 17.9 Å². The predicted molar refractivity (Wildman–Crippen MR) is 121 cm³/mol. The lowest BCUT2D eigenvalue weighted by Gasteiger charge is -2.24. The Bertz CT molecular complexity index is 1150. The Morgan fingerprint density at radius 1 is 1.00 bits per heavy atom. The number of amides is 1. The van der Waals surface area contributed by atoms with Gasteiger partial charge >= 0.3 is 0 Å². The number of hydrogen-bond donors (Lipinski definition) is 1. The average molecular weight is 448 g/mol. The lowest BCUT2D eigenvalue weighted by Crippen LogP contribution is -2.33. The van der Waals surface area contributed by atoms with E-state index in [2.05, 4.69) is 10.2 Å². The summed E-state index contributed by atoms with van der Waals surface area (Å²) in [4.78, 5) is 14.7. The Morgan fingerprint density at radius 3 is 2.73 bits per heavy atom. The summed E-state index contributed by atoms with van der Waals surface area (Å²) in [6.07, 6.45) is -0.122. The van der Waals surface area contributed by atoms with Gasteiger partial charge in [0.1, 0.15) is 17.7 Å². The quantitative estimate of drug-likeness (QED) is 0.613. The molecule has 3 aromatic carbocycles. The summed E-state index contributed by atoms with van der Waals surface area (Å²) in [6, 6.07) is 20.1. The Morgan fingerprint density at radius 2 is 1.82 bits per heavy atom. The summed E-state index contributed by atoms with van der Waals surface area (Å²) < 4.78 is 31.4. The molecule has 2 heterocycles. The van der Waals surface area contributed by atoms with Gasteiger partial charge in [0.25, 0.3) is 0 Å². The predicted octanol–water partition coefficient (Wildman–Crippen LogP) is 4.20. The van der Waals surface area contributed by atoms with Crippen LogP contribution in [0.5, 0.6) is 17.2 Å². The van der Waals surface area contributed by atoms with Gasteiger partial charge in [-0.1, -0.05) is 42.5 Å². The minimum atomic E-state index is -0.452. The highest BCUT2D eigenvalue weighted by molar-refractivity contribution is 5.76. The maximum absolute atomic E-state index is 14.5. The molecule has 3 aromatic rings. The molecule has 0 unspecified atom stereocenters. The van der Waals surface area contributed by atoms with Crippen LogP contribution in [-0.4, -0.2) is 30.7 Å². The Kier molecular flexibility index (Phi) is 6.13. The maximum atomic E-state index is 14.5. The first kappa shape index (κ1) is 21.3. The number of nitrogens with one attached hydrogen (secondary N) is 1. The smallest absolute Gasteiger partial charge is 0.231 e. The van der Waals surface area contributed by atoms with Gasteiger partial charge in [0, 0.05) is 43.7 Å². The van der Waals surface area contributed by atoms with Gasteiger partial charge in [0.15, 0.2) is 11.5 Å². The molecule has 1 amide bonds. The topological polar surface area (TPSA) is 60.0 Å². The molecule has 0 fully saturated rings. The summed E-state index contributed by atoms with van der Waals surface area (Å²) >= 11 is 0. The molecule has 170 valence electrons. The molecule has 5 rings (SSSR count). The molecule has 0 aliphatic carbocycles. The summed E-state index contributed by atoms with van der Waals surface area (Å²) in [6.45, 7) is 2.30. The summed E-state index contributed by atoms with van der Waals surface area (Å²) in [5.74, 6) is 1.83. The molecule has 0 spiro atoms. The third-order valence-electron chi connectivity index (χ3n) is 5.89. The Balaban J connectivity index is 1.22. The molecule has 2 aliphatic rings. The molecule has 33 heavy (non-hydrogen) atoms. The van der Waals surface area contributed by atoms with E-state index in [1.165, 1.54) is 6.07 Å². The third-order valence-corrected chi connectivity index (χ3v) is 5.89. The first-order valence-electron chi connectivity index (χ1n) is 11.0. The van der Waals surface area contributed by atoms with Gasteiger partial charge in [0.05, 0.1) is 0 Å². The van der Waals surface area contributed by atoms with Crippen molar-refractivity contribution in [1.29, 1.82) is 0 Å². The second-order valence-corrected chi connectivity index (χ2v) is 8.19. The first-order chi connectivity index (χ1) is 16.2. The molecule has 0 radical (unpaired) electrons. The number of carbonyl (C=O) groups is 1. The van der Waals surface area contributed by atoms with E-state index in [4.69, 9.17) is 14.2 Å². The lowest BCUT2D eigenvalue weighted by molar-refractivity contribution is -0.121. The molecule has 0 saturated heterocycles. The van der Waals surface area contributed by atoms with E-state index in [9.17, 15) is 9.18 Å². The SMILES string of the molecule is O=C(CCN1Cc2ccccc2O[C@H](c2ccccc2F)C1)NCc1ccc2c(c1)OCO2. The second-order valence-electron chi connectivity index (χ2n) is 8.19. The fourth-order valence-corrected chi connectivity index (χ4v) is 4.15. The fraction of sp³-hybridized carbons (Fsp3) is 0.269. The fourth-order valence-electron chi connectivity index (χ4n) is 4.15. The molecule has 0 saturated carbocycles. The Labute approximate surface area is 191 Å². The molecule has 6 nitrogen and oxygen atoms in total. The largest absolute Gasteiger partial charge is 0.484 e. The first-order valence-corrected chi connectivity index (χ1v) is 11.0. The average Bonchev–Trinajstić information content (AvgIpc) is 3.21. The van der Waals surface area contributed by atoms with E-state index in [1.54, 1.807) is 12.1 Å². The molecule has 0 aromatic heterocycles. The number of benzene rings is 3. The molecule has 0 bridgehead atoms. The van der Waals surface area contributed by atoms with E-state index >= 15 is 0 Å². The molecule has 1 N–H and O–H groups in total. The standard InChI is InChI=1S/C26H25FN2O4/c27-21-7-3-2-6-20(21)25-16-29(15-19-5-1-4-8-22(19)33-25)12-11-26(30)28-14-18-9-10-23-24(13-18)32-17-31-23/h1-10,13,25H,11-12,14-17H2,(H,28,30)/t25-/m0/s1. The summed E-state index contributed by atoms with van der Waals surface area (Å²) in [5, 5.41) is 2.96. The molecule has 1 atom stereocenters. The van der Waals surface area contributed by atoms with Gasteiger partial charge in [-0.25, -0.2) is 4.39 Å². The van der Waals surface area contributed by atoms with Crippen LogP contribution in [0.1, 0.15) is 29.2 Å². The highest BCUT2D eigenvalue weighted by atomic mass is 19.1. The van der Waals surface area contributed by atoms with Crippen molar-refractivity contribution in [1.82, 2.24) is 10.2 Å². The third kappa shape index (κ3) is 4.93. The van der Waals surface area contributed by atoms with Gasteiger partial charge in [0.2, 0.25) is 12.7 Å². The molecule has 2 aliphatic heterocycles. The van der Waals surface area contributed by atoms with Crippen LogP contribution in [0.25, 0.3) is 0 Å². The van der Waals surface area contributed by atoms with Crippen molar-refractivity contribution in [2.45, 2.75) is 25.6 Å². The normalized spacial score (nSPS) is 17.1. The van der Waals surface area contributed by atoms with Gasteiger partial charge < -0.3 is 19.5 Å². The zero-order valence-electron chi connectivity index (χ0n) is 18.1. The van der Waals surface area contributed by atoms with E-state index in [-0.39, 0.29) is 18.5 Å². The van der Waals surface area contributed by atoms with Crippen LogP contribution in [0.3, 0.4) is 0 Å². The summed E-state index contributed by atoms with van der Waals surface area (Å²) in [5.41, 5.74) is 2.49. The van der Waals surface area contributed by atoms with Gasteiger partial charge in [-0.3, -0.25) is 9.69 Å². The van der Waals surface area contributed by atoms with Gasteiger partial charge in [-0.05, 0) is 29.8 Å². The number of hydrogen-bond acceptors (Lipinski definition) is 5. The maximum Gasteiger partial charge on any atom is 0.231 e. The second kappa shape index (κ2) is 9.50. The monoisotopic (exact) mass is 448 g/mol. The van der Waals surface area contributed by atoms with Gasteiger partial charge in [-0.15, -0.1) is 0 Å². The van der Waals surface area contributed by atoms with E-state index < -0.39 is 6.10 Å². The number of nitrogens with zero attached hydrogens (tertiary/aromatic N) is 1. The zero-order chi connectivity index (χ0) is 22.6. The molecule has 7 heteroatoms. The van der Waals surface area contributed by atoms with Crippen LogP contribution in [0.15, 0.2) is 66.7 Å². The zero-order valence-corrected chi connectivity index (χ0v) is 18.1. The van der Waals surface area contributed by atoms with Crippen molar-refractivity contribution in [3.8, 4) is 17.2 Å². The van der Waals surface area contributed by atoms with Crippen molar-refractivity contribution in [2.24, 2.45) is 0 Å². The van der Waals surface area contributed by atoms with E-state index in [0.717, 1.165) is 22.6 Å². The highest BCUT2D eigenvalue weighted by Crippen LogP contribution is 2.33. The molecular weight excluding hydrogens is 423 g/mol. The number of carbonyl (C=O) groups excluding carboxylic acids is 1. The number of para-hydroxylation sites is 1. The van der Waals surface area contributed by atoms with Crippen LogP contribution in [0.2, 0.25) is 0 Å². The number of fused-ring (bicyclic) bond motifs is 2.